The molecule has 0 bridgehead atoms. The number of amides is 2. The van der Waals surface area contributed by atoms with Crippen molar-refractivity contribution in [2.45, 2.75) is 65.1 Å². The lowest BCUT2D eigenvalue weighted by Gasteiger charge is -2.45. The summed E-state index contributed by atoms with van der Waals surface area (Å²) >= 11 is 6.08. The van der Waals surface area contributed by atoms with Crippen molar-refractivity contribution < 1.29 is 4.79 Å². The molecule has 0 N–H and O–H groups in total. The molecule has 3 nitrogen and oxygen atoms in total. The number of rotatable bonds is 0. The van der Waals surface area contributed by atoms with Crippen LogP contribution in [0.2, 0.25) is 0 Å². The van der Waals surface area contributed by atoms with Crippen LogP contribution in [0.1, 0.15) is 48.5 Å². The highest BCUT2D eigenvalue weighted by Gasteiger charge is 2.59. The second-order valence-corrected chi connectivity index (χ2v) is 6.53. The number of urea groups is 1. The zero-order valence-corrected chi connectivity index (χ0v) is 11.4. The van der Waals surface area contributed by atoms with Gasteiger partial charge in [0.1, 0.15) is 0 Å². The lowest BCUT2D eigenvalue weighted by Crippen LogP contribution is -2.58. The normalized spacial score (nSPS) is 24.9. The van der Waals surface area contributed by atoms with Gasteiger partial charge in [0.25, 0.3) is 0 Å². The third-order valence-corrected chi connectivity index (χ3v) is 4.14. The molecule has 88 valence electrons. The van der Waals surface area contributed by atoms with Crippen molar-refractivity contribution in [2.24, 2.45) is 0 Å². The van der Waals surface area contributed by atoms with Crippen molar-refractivity contribution in [1.29, 1.82) is 0 Å². The van der Waals surface area contributed by atoms with Gasteiger partial charge in [-0.1, -0.05) is 0 Å². The fourth-order valence-corrected chi connectivity index (χ4v) is 2.49. The van der Waals surface area contributed by atoms with E-state index in [1.54, 1.807) is 0 Å². The van der Waals surface area contributed by atoms with Crippen LogP contribution in [-0.4, -0.2) is 32.0 Å². The molecule has 1 aliphatic rings. The van der Waals surface area contributed by atoms with Gasteiger partial charge in [-0.3, -0.25) is 0 Å². The Morgan fingerprint density at radius 2 is 1.47 bits per heavy atom. The van der Waals surface area contributed by atoms with E-state index in [2.05, 4.69) is 13.8 Å². The quantitative estimate of drug-likeness (QED) is 0.589. The summed E-state index contributed by atoms with van der Waals surface area (Å²) in [6, 6.07) is -0.112. The van der Waals surface area contributed by atoms with Gasteiger partial charge in [0.15, 0.2) is 0 Å². The molecule has 1 heterocycles. The van der Waals surface area contributed by atoms with E-state index in [0.717, 1.165) is 0 Å². The van der Waals surface area contributed by atoms with Gasteiger partial charge in [-0.25, -0.2) is 9.21 Å². The monoisotopic (exact) mass is 232 g/mol. The molecule has 1 rings (SSSR count). The number of halogens is 1. The largest absolute Gasteiger partial charge is 0.336 e. The highest BCUT2D eigenvalue weighted by atomic mass is 35.5. The van der Waals surface area contributed by atoms with Crippen molar-refractivity contribution in [2.75, 3.05) is 0 Å². The van der Waals surface area contributed by atoms with E-state index in [4.69, 9.17) is 11.8 Å². The van der Waals surface area contributed by atoms with Crippen molar-refractivity contribution in [3.63, 3.8) is 0 Å². The predicted octanol–water partition coefficient (Wildman–Crippen LogP) is 3.23. The smallest absolute Gasteiger partial charge is 0.311 e. The maximum absolute atomic E-state index is 12.1. The average molecular weight is 233 g/mol. The zero-order valence-electron chi connectivity index (χ0n) is 10.7. The molecular weight excluding hydrogens is 212 g/mol. The van der Waals surface area contributed by atoms with Crippen LogP contribution < -0.4 is 0 Å². The van der Waals surface area contributed by atoms with Crippen LogP contribution in [0.4, 0.5) is 4.79 Å². The van der Waals surface area contributed by atoms with Gasteiger partial charge in [0, 0.05) is 17.3 Å². The molecule has 1 saturated heterocycles. The standard InChI is InChI=1S/C11H21ClN2O/c1-9(2,3)13-8(15)14(12)11(6,7)10(13,4)5/h1-7H3. The molecule has 0 aromatic rings. The van der Waals surface area contributed by atoms with Crippen molar-refractivity contribution in [3.8, 4) is 0 Å². The van der Waals surface area contributed by atoms with Crippen molar-refractivity contribution in [1.82, 2.24) is 9.32 Å². The minimum absolute atomic E-state index is 0.112. The fraction of sp³-hybridized carbons (Fsp3) is 0.909. The number of hydrogen-bond acceptors (Lipinski definition) is 1. The van der Waals surface area contributed by atoms with Crippen molar-refractivity contribution >= 4 is 17.8 Å². The second kappa shape index (κ2) is 3.03. The van der Waals surface area contributed by atoms with Crippen molar-refractivity contribution in [3.05, 3.63) is 0 Å². The zero-order chi connectivity index (χ0) is 12.2. The van der Waals surface area contributed by atoms with E-state index in [-0.39, 0.29) is 22.6 Å². The molecule has 0 saturated carbocycles. The summed E-state index contributed by atoms with van der Waals surface area (Å²) in [5, 5.41) is 0. The number of carbonyl (C=O) groups excluding carboxylic acids is 1. The van der Waals surface area contributed by atoms with Crippen LogP contribution in [0.25, 0.3) is 0 Å². The van der Waals surface area contributed by atoms with Crippen LogP contribution >= 0.6 is 11.8 Å². The van der Waals surface area contributed by atoms with Gasteiger partial charge in [0.05, 0.1) is 11.1 Å². The molecule has 4 heteroatoms. The predicted molar refractivity (Wildman–Crippen MR) is 62.8 cm³/mol. The lowest BCUT2D eigenvalue weighted by atomic mass is 9.81. The fourth-order valence-electron chi connectivity index (χ4n) is 2.21. The maximum Gasteiger partial charge on any atom is 0.336 e. The van der Waals surface area contributed by atoms with Gasteiger partial charge in [-0.2, -0.15) is 0 Å². The van der Waals surface area contributed by atoms with Gasteiger partial charge in [0.2, 0.25) is 0 Å². The first kappa shape index (κ1) is 12.6. The summed E-state index contributed by atoms with van der Waals surface area (Å²) in [6.07, 6.45) is 0. The SMILES string of the molecule is CC(C)(C)N1C(=O)N(Cl)C(C)(C)C1(C)C. The molecule has 0 unspecified atom stereocenters. The van der Waals surface area contributed by atoms with Crippen LogP contribution in [0.3, 0.4) is 0 Å². The van der Waals surface area contributed by atoms with Gasteiger partial charge in [-0.05, 0) is 48.5 Å². The second-order valence-electron chi connectivity index (χ2n) is 6.19. The maximum atomic E-state index is 12.1. The topological polar surface area (TPSA) is 23.6 Å². The minimum Gasteiger partial charge on any atom is -0.311 e. The van der Waals surface area contributed by atoms with Crippen LogP contribution in [0, 0.1) is 0 Å². The Balaban J connectivity index is 3.28. The molecule has 0 aromatic carbocycles. The summed E-state index contributed by atoms with van der Waals surface area (Å²) in [7, 11) is 0. The van der Waals surface area contributed by atoms with Gasteiger partial charge < -0.3 is 4.90 Å². The minimum atomic E-state index is -0.376. The summed E-state index contributed by atoms with van der Waals surface area (Å²) in [5.41, 5.74) is -0.884. The highest BCUT2D eigenvalue weighted by Crippen LogP contribution is 2.45. The first-order valence-corrected chi connectivity index (χ1v) is 5.58. The highest BCUT2D eigenvalue weighted by molar-refractivity contribution is 6.22. The Morgan fingerprint density at radius 3 is 1.60 bits per heavy atom. The number of nitrogens with zero attached hydrogens (tertiary/aromatic N) is 2. The Labute approximate surface area is 97.5 Å². The molecule has 0 aromatic heterocycles. The molecular formula is C11H21ClN2O. The summed E-state index contributed by atoms with van der Waals surface area (Å²) in [5.74, 6) is 0. The molecule has 1 fully saturated rings. The number of hydrogen-bond donors (Lipinski definition) is 0. The average Bonchev–Trinajstić information content (AvgIpc) is 2.08. The number of carbonyl (C=O) groups is 1. The van der Waals surface area contributed by atoms with Crippen LogP contribution in [0.15, 0.2) is 0 Å². The summed E-state index contributed by atoms with van der Waals surface area (Å²) in [4.78, 5) is 14.0. The van der Waals surface area contributed by atoms with E-state index in [0.29, 0.717) is 0 Å². The first-order valence-electron chi connectivity index (χ1n) is 5.24. The Morgan fingerprint density at radius 1 is 1.07 bits per heavy atom. The van der Waals surface area contributed by atoms with Gasteiger partial charge in [-0.15, -0.1) is 0 Å². The molecule has 0 spiro atoms. The third-order valence-electron chi connectivity index (χ3n) is 3.58. The van der Waals surface area contributed by atoms with E-state index < -0.39 is 0 Å². The molecule has 0 atom stereocenters. The Bertz CT molecular complexity index is 291. The molecule has 0 radical (unpaired) electrons. The lowest BCUT2D eigenvalue weighted by molar-refractivity contribution is 0.0635. The van der Waals surface area contributed by atoms with Crippen LogP contribution in [-0.2, 0) is 0 Å². The van der Waals surface area contributed by atoms with E-state index in [9.17, 15) is 4.79 Å². The molecule has 15 heavy (non-hydrogen) atoms. The van der Waals surface area contributed by atoms with Gasteiger partial charge >= 0.3 is 6.03 Å². The van der Waals surface area contributed by atoms with Crippen LogP contribution in [0.5, 0.6) is 0 Å². The summed E-state index contributed by atoms with van der Waals surface area (Å²) < 4.78 is 1.32. The molecule has 2 amide bonds. The third kappa shape index (κ3) is 1.52. The first-order chi connectivity index (χ1) is 6.44. The summed E-state index contributed by atoms with van der Waals surface area (Å²) in [6.45, 7) is 14.2. The van der Waals surface area contributed by atoms with E-state index in [1.165, 1.54) is 4.42 Å². The molecule has 0 aliphatic carbocycles. The van der Waals surface area contributed by atoms with E-state index in [1.807, 2.05) is 39.5 Å². The molecule has 1 aliphatic heterocycles. The Hall–Kier alpha value is -0.440. The van der Waals surface area contributed by atoms with E-state index >= 15 is 0 Å². The Kier molecular flexibility index (Phi) is 2.55.